The average molecular weight is 351 g/mol. The van der Waals surface area contributed by atoms with Crippen molar-refractivity contribution < 1.29 is 13.8 Å². The zero-order valence-electron chi connectivity index (χ0n) is 14.9. The lowest BCUT2D eigenvalue weighted by molar-refractivity contribution is 0.0720. The van der Waals surface area contributed by atoms with E-state index >= 15 is 0 Å². The molecule has 1 atom stereocenters. The molecule has 6 nitrogen and oxygen atoms in total. The van der Waals surface area contributed by atoms with Gasteiger partial charge in [-0.25, -0.2) is 0 Å². The molecule has 6 heteroatoms. The van der Waals surface area contributed by atoms with E-state index in [1.165, 1.54) is 0 Å². The monoisotopic (exact) mass is 351 g/mol. The minimum Gasteiger partial charge on any atom is -0.361 e. The van der Waals surface area contributed by atoms with Gasteiger partial charge in [0.25, 0.3) is 5.91 Å². The fourth-order valence-electron chi connectivity index (χ4n) is 3.31. The standard InChI is InChI=1S/C20H21N3O3/c1-13(2)18-11-15(21-25-18)17-9-6-10-23(17)20(24)16-12-19(26-22-16)14-7-4-3-5-8-14/h3-5,7-8,11-13,17H,6,9-10H2,1-2H3/t17-/m1/s1. The van der Waals surface area contributed by atoms with Crippen LogP contribution in [0.4, 0.5) is 0 Å². The van der Waals surface area contributed by atoms with Gasteiger partial charge in [0.2, 0.25) is 0 Å². The van der Waals surface area contributed by atoms with E-state index in [0.717, 1.165) is 29.9 Å². The number of hydrogen-bond donors (Lipinski definition) is 0. The number of nitrogens with zero attached hydrogens (tertiary/aromatic N) is 3. The fourth-order valence-corrected chi connectivity index (χ4v) is 3.31. The van der Waals surface area contributed by atoms with Gasteiger partial charge in [0.05, 0.1) is 6.04 Å². The summed E-state index contributed by atoms with van der Waals surface area (Å²) in [5.41, 5.74) is 2.03. The topological polar surface area (TPSA) is 72.4 Å². The molecule has 2 aromatic heterocycles. The molecule has 26 heavy (non-hydrogen) atoms. The quantitative estimate of drug-likeness (QED) is 0.695. The highest BCUT2D eigenvalue weighted by Gasteiger charge is 2.34. The first-order valence-electron chi connectivity index (χ1n) is 8.93. The highest BCUT2D eigenvalue weighted by molar-refractivity contribution is 5.93. The van der Waals surface area contributed by atoms with Crippen molar-refractivity contribution in [2.24, 2.45) is 0 Å². The van der Waals surface area contributed by atoms with Crippen LogP contribution in [0.5, 0.6) is 0 Å². The third-order valence-electron chi connectivity index (χ3n) is 4.76. The van der Waals surface area contributed by atoms with Crippen molar-refractivity contribution in [3.8, 4) is 11.3 Å². The second-order valence-electron chi connectivity index (χ2n) is 6.91. The van der Waals surface area contributed by atoms with Crippen LogP contribution in [0, 0.1) is 0 Å². The second-order valence-corrected chi connectivity index (χ2v) is 6.91. The molecule has 1 fully saturated rings. The summed E-state index contributed by atoms with van der Waals surface area (Å²) in [5, 5.41) is 8.17. The largest absolute Gasteiger partial charge is 0.361 e. The van der Waals surface area contributed by atoms with Crippen LogP contribution < -0.4 is 0 Å². The molecule has 1 aromatic carbocycles. The summed E-state index contributed by atoms with van der Waals surface area (Å²) in [6.45, 7) is 4.80. The molecule has 4 rings (SSSR count). The van der Waals surface area contributed by atoms with Crippen molar-refractivity contribution >= 4 is 5.91 Å². The van der Waals surface area contributed by atoms with Gasteiger partial charge in [0, 0.05) is 30.2 Å². The molecule has 134 valence electrons. The van der Waals surface area contributed by atoms with Crippen LogP contribution in [0.1, 0.15) is 60.6 Å². The van der Waals surface area contributed by atoms with Crippen molar-refractivity contribution in [2.45, 2.75) is 38.6 Å². The van der Waals surface area contributed by atoms with Crippen LogP contribution >= 0.6 is 0 Å². The van der Waals surface area contributed by atoms with E-state index < -0.39 is 0 Å². The Morgan fingerprint density at radius 2 is 1.96 bits per heavy atom. The highest BCUT2D eigenvalue weighted by Crippen LogP contribution is 2.34. The summed E-state index contributed by atoms with van der Waals surface area (Å²) >= 11 is 0. The number of amides is 1. The third-order valence-corrected chi connectivity index (χ3v) is 4.76. The zero-order chi connectivity index (χ0) is 18.1. The molecule has 0 spiro atoms. The molecule has 1 aliphatic rings. The van der Waals surface area contributed by atoms with Gasteiger partial charge in [-0.2, -0.15) is 0 Å². The first-order chi connectivity index (χ1) is 12.6. The molecule has 3 aromatic rings. The minimum atomic E-state index is -0.132. The predicted molar refractivity (Wildman–Crippen MR) is 95.5 cm³/mol. The highest BCUT2D eigenvalue weighted by atomic mass is 16.5. The number of benzene rings is 1. The van der Waals surface area contributed by atoms with E-state index in [4.69, 9.17) is 9.05 Å². The first kappa shape index (κ1) is 16.6. The van der Waals surface area contributed by atoms with Crippen molar-refractivity contribution in [2.75, 3.05) is 6.54 Å². The maximum Gasteiger partial charge on any atom is 0.276 e. The van der Waals surface area contributed by atoms with Crippen LogP contribution in [-0.4, -0.2) is 27.7 Å². The van der Waals surface area contributed by atoms with E-state index in [-0.39, 0.29) is 17.9 Å². The summed E-state index contributed by atoms with van der Waals surface area (Å²) in [4.78, 5) is 14.8. The molecule has 0 aliphatic carbocycles. The Morgan fingerprint density at radius 3 is 2.69 bits per heavy atom. The third kappa shape index (κ3) is 3.03. The Balaban J connectivity index is 1.56. The molecule has 0 bridgehead atoms. The lowest BCUT2D eigenvalue weighted by Gasteiger charge is -2.21. The van der Waals surface area contributed by atoms with Crippen LogP contribution in [0.25, 0.3) is 11.3 Å². The van der Waals surface area contributed by atoms with Gasteiger partial charge in [0.1, 0.15) is 11.5 Å². The maximum absolute atomic E-state index is 13.0. The first-order valence-corrected chi connectivity index (χ1v) is 8.93. The Kier molecular flexibility index (Phi) is 4.32. The van der Waals surface area contributed by atoms with E-state index in [1.807, 2.05) is 41.3 Å². The van der Waals surface area contributed by atoms with Crippen molar-refractivity contribution in [3.05, 3.63) is 59.6 Å². The van der Waals surface area contributed by atoms with E-state index in [2.05, 4.69) is 24.2 Å². The Labute approximate surface area is 151 Å². The lowest BCUT2D eigenvalue weighted by Crippen LogP contribution is -2.30. The molecule has 0 unspecified atom stereocenters. The number of aromatic nitrogens is 2. The van der Waals surface area contributed by atoms with Gasteiger partial charge >= 0.3 is 0 Å². The van der Waals surface area contributed by atoms with Gasteiger partial charge in [-0.3, -0.25) is 4.79 Å². The zero-order valence-corrected chi connectivity index (χ0v) is 14.9. The fraction of sp³-hybridized carbons (Fsp3) is 0.350. The number of carbonyl (C=O) groups excluding carboxylic acids is 1. The lowest BCUT2D eigenvalue weighted by atomic mass is 10.1. The van der Waals surface area contributed by atoms with E-state index in [0.29, 0.717) is 18.0 Å². The summed E-state index contributed by atoms with van der Waals surface area (Å²) in [6, 6.07) is 13.2. The molecule has 0 N–H and O–H groups in total. The maximum atomic E-state index is 13.0. The summed E-state index contributed by atoms with van der Waals surface area (Å²) < 4.78 is 10.8. The van der Waals surface area contributed by atoms with Gasteiger partial charge in [-0.1, -0.05) is 54.5 Å². The summed E-state index contributed by atoms with van der Waals surface area (Å²) in [6.07, 6.45) is 1.81. The predicted octanol–water partition coefficient (Wildman–Crippen LogP) is 4.43. The molecule has 1 saturated heterocycles. The van der Waals surface area contributed by atoms with Crippen LogP contribution in [0.3, 0.4) is 0 Å². The average Bonchev–Trinajstić information content (AvgIpc) is 3.41. The van der Waals surface area contributed by atoms with Crippen molar-refractivity contribution in [1.82, 2.24) is 15.2 Å². The number of rotatable bonds is 4. The SMILES string of the molecule is CC(C)c1cc([C@H]2CCCN2C(=O)c2cc(-c3ccccc3)on2)no1. The van der Waals surface area contributed by atoms with E-state index in [9.17, 15) is 4.79 Å². The summed E-state index contributed by atoms with van der Waals surface area (Å²) in [7, 11) is 0. The van der Waals surface area contributed by atoms with Crippen molar-refractivity contribution in [3.63, 3.8) is 0 Å². The second kappa shape index (κ2) is 6.78. The van der Waals surface area contributed by atoms with Crippen LogP contribution in [0.15, 0.2) is 51.5 Å². The van der Waals surface area contributed by atoms with Gasteiger partial charge in [0.15, 0.2) is 11.5 Å². The molecule has 1 amide bonds. The molecule has 0 radical (unpaired) electrons. The Bertz CT molecular complexity index is 898. The van der Waals surface area contributed by atoms with Gasteiger partial charge in [-0.05, 0) is 12.8 Å². The van der Waals surface area contributed by atoms with Crippen LogP contribution in [0.2, 0.25) is 0 Å². The Morgan fingerprint density at radius 1 is 1.15 bits per heavy atom. The molecule has 1 aliphatic heterocycles. The normalized spacial score (nSPS) is 17.2. The minimum absolute atomic E-state index is 0.0735. The van der Waals surface area contributed by atoms with E-state index in [1.54, 1.807) is 6.07 Å². The Hall–Kier alpha value is -2.89. The van der Waals surface area contributed by atoms with Gasteiger partial charge in [-0.15, -0.1) is 0 Å². The number of hydrogen-bond acceptors (Lipinski definition) is 5. The molecular formula is C20H21N3O3. The van der Waals surface area contributed by atoms with Gasteiger partial charge < -0.3 is 13.9 Å². The molecular weight excluding hydrogens is 330 g/mol. The smallest absolute Gasteiger partial charge is 0.276 e. The van der Waals surface area contributed by atoms with Crippen LogP contribution in [-0.2, 0) is 0 Å². The number of carbonyl (C=O) groups is 1. The molecule has 0 saturated carbocycles. The molecule has 3 heterocycles. The number of likely N-dealkylation sites (tertiary alicyclic amines) is 1. The van der Waals surface area contributed by atoms with Crippen molar-refractivity contribution in [1.29, 1.82) is 0 Å². The summed E-state index contributed by atoms with van der Waals surface area (Å²) in [5.74, 6) is 1.57.